The molecule has 2 aromatic carbocycles. The molecule has 8 nitrogen and oxygen atoms in total. The molecule has 0 fully saturated rings. The number of non-ortho nitro benzene ring substituents is 2. The molecule has 0 aliphatic heterocycles. The Morgan fingerprint density at radius 2 is 1.06 bits per heavy atom. The summed E-state index contributed by atoms with van der Waals surface area (Å²) in [4.78, 5) is 21.5. The minimum atomic E-state index is -4.32. The maximum absolute atomic E-state index is 11.3. The SMILES string of the molecule is O=[N+]([O-])c1cccc([O][Zr]([O]c2cccc([N+](=O)[O-])c2)([CH]2C=CC=C2)[CH]2C=CC=C2)c1. The third kappa shape index (κ3) is 4.41. The van der Waals surface area contributed by atoms with Crippen LogP contribution in [0.4, 0.5) is 11.4 Å². The molecule has 2 aromatic rings. The second kappa shape index (κ2) is 8.82. The Bertz CT molecular complexity index is 1030. The van der Waals surface area contributed by atoms with Crippen molar-refractivity contribution in [2.45, 2.75) is 7.25 Å². The predicted octanol–water partition coefficient (Wildman–Crippen LogP) is 5.77. The van der Waals surface area contributed by atoms with Gasteiger partial charge in [0.15, 0.2) is 0 Å². The van der Waals surface area contributed by atoms with Crippen LogP contribution in [0, 0.1) is 20.2 Å². The van der Waals surface area contributed by atoms with E-state index in [0.717, 1.165) is 0 Å². The van der Waals surface area contributed by atoms with Crippen molar-refractivity contribution in [1.82, 2.24) is 0 Å². The molecule has 0 N–H and O–H groups in total. The first-order valence-electron chi connectivity index (χ1n) is 9.55. The van der Waals surface area contributed by atoms with Gasteiger partial charge in [0, 0.05) is 0 Å². The van der Waals surface area contributed by atoms with Crippen LogP contribution in [-0.2, 0) is 21.1 Å². The Labute approximate surface area is 183 Å². The van der Waals surface area contributed by atoms with E-state index in [2.05, 4.69) is 0 Å². The Morgan fingerprint density at radius 3 is 1.42 bits per heavy atom. The maximum atomic E-state index is 11.3. The summed E-state index contributed by atoms with van der Waals surface area (Å²) in [5.74, 6) is 0.690. The topological polar surface area (TPSA) is 105 Å². The molecule has 0 radical (unpaired) electrons. The van der Waals surface area contributed by atoms with Crippen molar-refractivity contribution < 1.29 is 36.6 Å². The van der Waals surface area contributed by atoms with E-state index in [9.17, 15) is 20.2 Å². The monoisotopic (exact) mass is 496 g/mol. The van der Waals surface area contributed by atoms with E-state index in [1.54, 1.807) is 24.3 Å². The van der Waals surface area contributed by atoms with Crippen molar-refractivity contribution in [2.75, 3.05) is 0 Å². The Morgan fingerprint density at radius 1 is 0.677 bits per heavy atom. The normalized spacial score (nSPS) is 15.5. The van der Waals surface area contributed by atoms with Gasteiger partial charge >= 0.3 is 184 Å². The molecule has 2 aliphatic rings. The van der Waals surface area contributed by atoms with Gasteiger partial charge < -0.3 is 0 Å². The van der Waals surface area contributed by atoms with Crippen LogP contribution in [0.1, 0.15) is 0 Å². The van der Waals surface area contributed by atoms with Crippen LogP contribution >= 0.6 is 0 Å². The van der Waals surface area contributed by atoms with Crippen LogP contribution in [0.15, 0.2) is 97.1 Å². The minimum absolute atomic E-state index is 0.0805. The molecule has 0 aromatic heterocycles. The van der Waals surface area contributed by atoms with E-state index in [1.807, 2.05) is 48.6 Å². The molecule has 0 saturated carbocycles. The molecule has 0 saturated heterocycles. The summed E-state index contributed by atoms with van der Waals surface area (Å²) >= 11 is -4.32. The number of benzene rings is 2. The van der Waals surface area contributed by atoms with E-state index in [0.29, 0.717) is 11.5 Å². The summed E-state index contributed by atoms with van der Waals surface area (Å²) in [5.41, 5.74) is -0.161. The fourth-order valence-corrected chi connectivity index (χ4v) is 12.3. The first-order valence-corrected chi connectivity index (χ1v) is 14.4. The number of hydrogen-bond donors (Lipinski definition) is 0. The second-order valence-electron chi connectivity index (χ2n) is 7.03. The van der Waals surface area contributed by atoms with Crippen molar-refractivity contribution in [3.8, 4) is 11.5 Å². The Hall–Kier alpha value is -3.32. The molecular weight excluding hydrogens is 479 g/mol. The summed E-state index contributed by atoms with van der Waals surface area (Å²) in [6.07, 6.45) is 15.6. The quantitative estimate of drug-likeness (QED) is 0.338. The summed E-state index contributed by atoms with van der Waals surface area (Å²) in [5, 5.41) is 22.5. The molecule has 0 spiro atoms. The summed E-state index contributed by atoms with van der Waals surface area (Å²) < 4.78 is 12.9. The van der Waals surface area contributed by atoms with Gasteiger partial charge in [0.05, 0.1) is 0 Å². The van der Waals surface area contributed by atoms with Crippen molar-refractivity contribution in [2.24, 2.45) is 0 Å². The van der Waals surface area contributed by atoms with Gasteiger partial charge in [-0.05, 0) is 0 Å². The van der Waals surface area contributed by atoms with E-state index < -0.39 is 31.0 Å². The molecule has 31 heavy (non-hydrogen) atoms. The van der Waals surface area contributed by atoms with Crippen LogP contribution in [0.5, 0.6) is 11.5 Å². The van der Waals surface area contributed by atoms with Gasteiger partial charge in [0.2, 0.25) is 0 Å². The first kappa shape index (κ1) is 20.9. The number of nitro benzene ring substituents is 2. The Kier molecular flexibility index (Phi) is 5.95. The first-order chi connectivity index (χ1) is 15.0. The molecule has 0 heterocycles. The third-order valence-electron chi connectivity index (χ3n) is 5.04. The zero-order valence-electron chi connectivity index (χ0n) is 16.2. The average molecular weight is 498 g/mol. The van der Waals surface area contributed by atoms with Gasteiger partial charge in [0.25, 0.3) is 0 Å². The number of rotatable bonds is 8. The second-order valence-corrected chi connectivity index (χ2v) is 14.9. The molecular formula is C22H18N2O6Zr. The van der Waals surface area contributed by atoms with Gasteiger partial charge in [-0.3, -0.25) is 0 Å². The van der Waals surface area contributed by atoms with Gasteiger partial charge in [-0.25, -0.2) is 0 Å². The van der Waals surface area contributed by atoms with E-state index >= 15 is 0 Å². The molecule has 4 rings (SSSR count). The van der Waals surface area contributed by atoms with E-state index in [4.69, 9.17) is 5.63 Å². The van der Waals surface area contributed by atoms with Crippen LogP contribution in [0.25, 0.3) is 0 Å². The summed E-state index contributed by atoms with van der Waals surface area (Å²) in [7, 11) is 0. The number of allylic oxidation sites excluding steroid dienone is 8. The van der Waals surface area contributed by atoms with E-state index in [-0.39, 0.29) is 18.6 Å². The summed E-state index contributed by atoms with van der Waals surface area (Å²) in [6, 6.07) is 12.0. The molecule has 0 bridgehead atoms. The molecule has 0 unspecified atom stereocenters. The number of nitrogens with zero attached hydrogens (tertiary/aromatic N) is 2. The average Bonchev–Trinajstić information content (AvgIpc) is 3.48. The predicted molar refractivity (Wildman–Crippen MR) is 112 cm³/mol. The molecule has 2 aliphatic carbocycles. The molecule has 156 valence electrons. The van der Waals surface area contributed by atoms with Gasteiger partial charge in [-0.2, -0.15) is 0 Å². The fraction of sp³-hybridized carbons (Fsp3) is 0.0909. The van der Waals surface area contributed by atoms with Gasteiger partial charge in [-0.15, -0.1) is 0 Å². The summed E-state index contributed by atoms with van der Waals surface area (Å²) in [6.45, 7) is 0. The number of hydrogen-bond acceptors (Lipinski definition) is 6. The van der Waals surface area contributed by atoms with E-state index in [1.165, 1.54) is 24.3 Å². The fourth-order valence-electron chi connectivity index (χ4n) is 3.60. The van der Waals surface area contributed by atoms with Crippen LogP contribution in [0.2, 0.25) is 7.25 Å². The van der Waals surface area contributed by atoms with Crippen molar-refractivity contribution in [3.05, 3.63) is 117 Å². The van der Waals surface area contributed by atoms with Gasteiger partial charge in [0.1, 0.15) is 0 Å². The van der Waals surface area contributed by atoms with Crippen LogP contribution < -0.4 is 5.63 Å². The van der Waals surface area contributed by atoms with Gasteiger partial charge in [-0.1, -0.05) is 0 Å². The Balaban J connectivity index is 1.80. The molecule has 0 atom stereocenters. The number of nitro groups is 2. The zero-order chi connectivity index (χ0) is 21.8. The van der Waals surface area contributed by atoms with Crippen molar-refractivity contribution in [3.63, 3.8) is 0 Å². The molecule has 0 amide bonds. The standard InChI is InChI=1S/2C6H5NO3.2C5H5.Zr/c2*8-6-3-1-2-5(4-6)7(9)10;2*1-2-4-5-3-1;/h2*1-4,8H;2*1-5H;/q;;;;+2/p-2. The van der Waals surface area contributed by atoms with Crippen molar-refractivity contribution >= 4 is 11.4 Å². The molecule has 9 heteroatoms. The third-order valence-corrected chi connectivity index (χ3v) is 14.2. The van der Waals surface area contributed by atoms with Crippen LogP contribution in [-0.4, -0.2) is 9.85 Å². The van der Waals surface area contributed by atoms with Crippen LogP contribution in [0.3, 0.4) is 0 Å². The zero-order valence-corrected chi connectivity index (χ0v) is 18.7. The van der Waals surface area contributed by atoms with Crippen molar-refractivity contribution in [1.29, 1.82) is 0 Å².